The normalized spacial score (nSPS) is 22.8. The monoisotopic (exact) mass is 563 g/mol. The Kier molecular flexibility index (Phi) is 7.04. The second kappa shape index (κ2) is 11.0. The van der Waals surface area contributed by atoms with E-state index in [4.69, 9.17) is 14.7 Å². The summed E-state index contributed by atoms with van der Waals surface area (Å²) in [6.07, 6.45) is 4.59. The lowest BCUT2D eigenvalue weighted by Crippen LogP contribution is -2.55. The molecule has 2 saturated heterocycles. The number of carbonyl (C=O) groups excluding carboxylic acids is 1. The van der Waals surface area contributed by atoms with Crippen molar-refractivity contribution < 1.29 is 9.53 Å². The fourth-order valence-electron chi connectivity index (χ4n) is 7.30. The molecular formula is C33H37N7O2. The van der Waals surface area contributed by atoms with Crippen molar-refractivity contribution in [2.24, 2.45) is 0 Å². The molecule has 2 atom stereocenters. The molecule has 3 aliphatic heterocycles. The molecule has 0 N–H and O–H groups in total. The number of benzene rings is 2. The van der Waals surface area contributed by atoms with Gasteiger partial charge in [0.25, 0.3) is 0 Å². The van der Waals surface area contributed by atoms with Crippen LogP contribution in [0.15, 0.2) is 49.1 Å². The first-order chi connectivity index (χ1) is 20.5. The number of piperazine rings is 1. The third kappa shape index (κ3) is 4.79. The van der Waals surface area contributed by atoms with Crippen LogP contribution in [-0.4, -0.2) is 82.5 Å². The summed E-state index contributed by atoms with van der Waals surface area (Å²) in [5.41, 5.74) is 4.95. The van der Waals surface area contributed by atoms with Gasteiger partial charge in [-0.05, 0) is 54.3 Å². The number of nitrogens with zero attached hydrogens (tertiary/aromatic N) is 7. The standard InChI is InChI=1S/C33H37N7O2/c1-3-30(41)40-17-16-38(19-24(40)10-13-34)32-27-20-39(29-18-23-8-4-6-22-7-5-9-26(29)31(22)23)21-28(27)35-33(36-32)42-25-11-14-37(2)15-12-25/h3-9,24-25,29H,1,10-12,14-21H2,2H3/t24?,29-/m0/s1. The maximum absolute atomic E-state index is 12.6. The minimum Gasteiger partial charge on any atom is -0.460 e. The third-order valence-electron chi connectivity index (χ3n) is 9.51. The maximum atomic E-state index is 12.6. The van der Waals surface area contributed by atoms with Crippen LogP contribution >= 0.6 is 0 Å². The zero-order valence-corrected chi connectivity index (χ0v) is 24.2. The lowest BCUT2D eigenvalue weighted by Gasteiger charge is -2.41. The number of fused-ring (bicyclic) bond motifs is 1. The van der Waals surface area contributed by atoms with E-state index < -0.39 is 0 Å². The molecular weight excluding hydrogens is 526 g/mol. The van der Waals surface area contributed by atoms with Gasteiger partial charge in [0.2, 0.25) is 5.91 Å². The summed E-state index contributed by atoms with van der Waals surface area (Å²) in [4.78, 5) is 31.5. The number of piperidine rings is 1. The number of rotatable bonds is 6. The molecule has 1 unspecified atom stereocenters. The van der Waals surface area contributed by atoms with Crippen molar-refractivity contribution in [3.63, 3.8) is 0 Å². The molecule has 1 aromatic heterocycles. The summed E-state index contributed by atoms with van der Waals surface area (Å²) >= 11 is 0. The molecule has 9 nitrogen and oxygen atoms in total. The van der Waals surface area contributed by atoms with E-state index in [1.807, 2.05) is 0 Å². The molecule has 1 amide bonds. The van der Waals surface area contributed by atoms with Crippen LogP contribution in [0, 0.1) is 11.3 Å². The SMILES string of the molecule is C=CC(=O)N1CCN(c2nc(OC3CCN(C)CC3)nc3c2CN([C@H]2Cc4cccc5cccc2c45)C3)CC1CC#N. The first-order valence-corrected chi connectivity index (χ1v) is 15.1. The number of amides is 1. The zero-order chi connectivity index (χ0) is 28.8. The van der Waals surface area contributed by atoms with Crippen LogP contribution < -0.4 is 9.64 Å². The molecule has 216 valence electrons. The average molecular weight is 564 g/mol. The Morgan fingerprint density at radius 1 is 1.12 bits per heavy atom. The molecule has 4 heterocycles. The smallest absolute Gasteiger partial charge is 0.318 e. The van der Waals surface area contributed by atoms with Crippen LogP contribution in [-0.2, 0) is 24.3 Å². The van der Waals surface area contributed by atoms with Gasteiger partial charge in [-0.3, -0.25) is 9.69 Å². The van der Waals surface area contributed by atoms with Gasteiger partial charge in [-0.2, -0.15) is 15.2 Å². The van der Waals surface area contributed by atoms with E-state index in [-0.39, 0.29) is 30.5 Å². The fourth-order valence-corrected chi connectivity index (χ4v) is 7.30. The summed E-state index contributed by atoms with van der Waals surface area (Å²) in [5.74, 6) is 0.753. The number of nitriles is 1. The van der Waals surface area contributed by atoms with E-state index in [2.05, 4.69) is 70.8 Å². The summed E-state index contributed by atoms with van der Waals surface area (Å²) in [5, 5.41) is 12.2. The minimum atomic E-state index is -0.224. The van der Waals surface area contributed by atoms with E-state index >= 15 is 0 Å². The van der Waals surface area contributed by atoms with Crippen molar-refractivity contribution in [3.05, 3.63) is 71.4 Å². The summed E-state index contributed by atoms with van der Waals surface area (Å²) in [6, 6.07) is 16.0. The fraction of sp³-hybridized carbons (Fsp3) is 0.455. The second-order valence-corrected chi connectivity index (χ2v) is 12.1. The van der Waals surface area contributed by atoms with Gasteiger partial charge in [-0.25, -0.2) is 0 Å². The Labute approximate surface area is 247 Å². The average Bonchev–Trinajstić information content (AvgIpc) is 3.61. The molecule has 1 aliphatic carbocycles. The van der Waals surface area contributed by atoms with Crippen molar-refractivity contribution in [1.82, 2.24) is 24.7 Å². The van der Waals surface area contributed by atoms with Crippen LogP contribution in [0.5, 0.6) is 6.01 Å². The maximum Gasteiger partial charge on any atom is 0.318 e. The Balaban J connectivity index is 1.21. The first kappa shape index (κ1) is 26.9. The van der Waals surface area contributed by atoms with Gasteiger partial charge in [0.1, 0.15) is 11.9 Å². The summed E-state index contributed by atoms with van der Waals surface area (Å²) in [7, 11) is 2.14. The van der Waals surface area contributed by atoms with Crippen LogP contribution in [0.2, 0.25) is 0 Å². The molecule has 42 heavy (non-hydrogen) atoms. The lowest BCUT2D eigenvalue weighted by molar-refractivity contribution is -0.128. The highest BCUT2D eigenvalue weighted by atomic mass is 16.5. The number of carbonyl (C=O) groups is 1. The van der Waals surface area contributed by atoms with Gasteiger partial charge in [-0.15, -0.1) is 0 Å². The largest absolute Gasteiger partial charge is 0.460 e. The van der Waals surface area contributed by atoms with Crippen LogP contribution in [0.25, 0.3) is 10.8 Å². The Morgan fingerprint density at radius 3 is 2.71 bits per heavy atom. The van der Waals surface area contributed by atoms with Crippen molar-refractivity contribution in [2.75, 3.05) is 44.7 Å². The van der Waals surface area contributed by atoms with Crippen molar-refractivity contribution in [3.8, 4) is 12.1 Å². The predicted molar refractivity (Wildman–Crippen MR) is 161 cm³/mol. The van der Waals surface area contributed by atoms with Crippen LogP contribution in [0.4, 0.5) is 5.82 Å². The lowest BCUT2D eigenvalue weighted by atomic mass is 10.0. The van der Waals surface area contributed by atoms with Crippen molar-refractivity contribution in [1.29, 1.82) is 5.26 Å². The highest BCUT2D eigenvalue weighted by Gasteiger charge is 2.38. The molecule has 0 spiro atoms. The number of ether oxygens (including phenoxy) is 1. The van der Waals surface area contributed by atoms with E-state index in [0.717, 1.165) is 62.5 Å². The third-order valence-corrected chi connectivity index (χ3v) is 9.51. The van der Waals surface area contributed by atoms with Gasteiger partial charge < -0.3 is 19.4 Å². The number of hydrogen-bond acceptors (Lipinski definition) is 8. The molecule has 9 heteroatoms. The molecule has 3 aromatic rings. The molecule has 0 radical (unpaired) electrons. The molecule has 2 aromatic carbocycles. The highest BCUT2D eigenvalue weighted by molar-refractivity contribution is 5.91. The predicted octanol–water partition coefficient (Wildman–Crippen LogP) is 3.83. The Bertz CT molecular complexity index is 1570. The zero-order valence-electron chi connectivity index (χ0n) is 24.2. The second-order valence-electron chi connectivity index (χ2n) is 12.1. The topological polar surface area (TPSA) is 88.8 Å². The molecule has 0 bridgehead atoms. The summed E-state index contributed by atoms with van der Waals surface area (Å²) < 4.78 is 6.45. The highest BCUT2D eigenvalue weighted by Crippen LogP contribution is 2.44. The van der Waals surface area contributed by atoms with E-state index in [9.17, 15) is 10.1 Å². The van der Waals surface area contributed by atoms with E-state index in [1.165, 1.54) is 28.0 Å². The summed E-state index contributed by atoms with van der Waals surface area (Å²) in [6.45, 7) is 8.85. The van der Waals surface area contributed by atoms with Gasteiger partial charge in [0.15, 0.2) is 0 Å². The quantitative estimate of drug-likeness (QED) is 0.418. The molecule has 7 rings (SSSR count). The van der Waals surface area contributed by atoms with Crippen molar-refractivity contribution in [2.45, 2.75) is 57.0 Å². The number of hydrogen-bond donors (Lipinski definition) is 0. The van der Waals surface area contributed by atoms with Gasteiger partial charge >= 0.3 is 6.01 Å². The van der Waals surface area contributed by atoms with Gasteiger partial charge in [0, 0.05) is 57.4 Å². The van der Waals surface area contributed by atoms with E-state index in [1.54, 1.807) is 4.90 Å². The number of likely N-dealkylation sites (tertiary alicyclic amines) is 1. The van der Waals surface area contributed by atoms with E-state index in [0.29, 0.717) is 25.6 Å². The Morgan fingerprint density at radius 2 is 1.93 bits per heavy atom. The number of aromatic nitrogens is 2. The minimum absolute atomic E-state index is 0.0972. The first-order valence-electron chi connectivity index (χ1n) is 15.1. The molecule has 2 fully saturated rings. The van der Waals surface area contributed by atoms with Gasteiger partial charge in [-0.1, -0.05) is 43.0 Å². The van der Waals surface area contributed by atoms with Crippen LogP contribution in [0.1, 0.15) is 47.7 Å². The van der Waals surface area contributed by atoms with Crippen molar-refractivity contribution >= 4 is 22.5 Å². The number of anilines is 1. The van der Waals surface area contributed by atoms with Crippen LogP contribution in [0.3, 0.4) is 0 Å². The molecule has 0 saturated carbocycles. The Hall–Kier alpha value is -4.00. The molecule has 4 aliphatic rings. The van der Waals surface area contributed by atoms with Gasteiger partial charge in [0.05, 0.1) is 24.2 Å².